The number of benzene rings is 6. The smallest absolute Gasteiger partial charge is 0.326 e. The number of fused-ring (bicyclic) bond motifs is 4. The van der Waals surface area contributed by atoms with Gasteiger partial charge in [0.1, 0.15) is 23.6 Å². The predicted octanol–water partition coefficient (Wildman–Crippen LogP) is 10.5. The van der Waals surface area contributed by atoms with Gasteiger partial charge in [-0.2, -0.15) is 0 Å². The third kappa shape index (κ3) is 32.2. The van der Waals surface area contributed by atoms with Crippen LogP contribution in [0.2, 0.25) is 0 Å². The minimum absolute atomic E-state index is 0.0292. The Labute approximate surface area is 716 Å². The van der Waals surface area contributed by atoms with Crippen molar-refractivity contribution in [3.8, 4) is 11.5 Å². The average molecular weight is 1700 g/mol. The van der Waals surface area contributed by atoms with E-state index >= 15 is 0 Å². The van der Waals surface area contributed by atoms with Crippen LogP contribution in [0.25, 0.3) is 43.6 Å². The van der Waals surface area contributed by atoms with Gasteiger partial charge in [0.2, 0.25) is 11.8 Å². The minimum Gasteiger partial charge on any atom is -0.491 e. The summed E-state index contributed by atoms with van der Waals surface area (Å²) < 4.78 is 75.3. The van der Waals surface area contributed by atoms with Gasteiger partial charge in [0, 0.05) is 105 Å². The van der Waals surface area contributed by atoms with Crippen molar-refractivity contribution >= 4 is 90.6 Å². The minimum atomic E-state index is -1.13. The molecule has 4 atom stereocenters. The van der Waals surface area contributed by atoms with Crippen molar-refractivity contribution < 1.29 is 101 Å². The van der Waals surface area contributed by atoms with Gasteiger partial charge in [-0.3, -0.25) is 19.2 Å². The maximum Gasteiger partial charge on any atom is 0.326 e. The Bertz CT molecular complexity index is 4550. The number of aromatic amines is 4. The van der Waals surface area contributed by atoms with Crippen LogP contribution in [0, 0.1) is 11.8 Å². The molecule has 0 aliphatic rings. The molecule has 6 aromatic carbocycles. The molecule has 4 aromatic heterocycles. The zero-order chi connectivity index (χ0) is 86.6. The summed E-state index contributed by atoms with van der Waals surface area (Å²) in [6.07, 6.45) is 9.93. The van der Waals surface area contributed by atoms with Crippen molar-refractivity contribution in [2.75, 3.05) is 182 Å². The van der Waals surface area contributed by atoms with E-state index in [0.29, 0.717) is 195 Å². The first-order valence-corrected chi connectivity index (χ1v) is 42.3. The molecule has 0 spiro atoms. The molecule has 123 heavy (non-hydrogen) atoms. The Balaban J connectivity index is 0.515. The number of anilines is 2. The number of para-hydroxylation sites is 4. The van der Waals surface area contributed by atoms with E-state index in [0.717, 1.165) is 65.9 Å². The number of amides is 4. The first-order chi connectivity index (χ1) is 60.0. The molecule has 4 amide bonds. The van der Waals surface area contributed by atoms with E-state index in [4.69, 9.17) is 61.6 Å². The zero-order valence-corrected chi connectivity index (χ0v) is 70.8. The number of rotatable bonds is 64. The molecule has 31 heteroatoms. The summed E-state index contributed by atoms with van der Waals surface area (Å²) in [6, 6.07) is 37.5. The van der Waals surface area contributed by atoms with E-state index in [1.807, 2.05) is 150 Å². The summed E-state index contributed by atoms with van der Waals surface area (Å²) in [7, 11) is 0. The first kappa shape index (κ1) is 94.6. The average Bonchev–Trinajstić information content (AvgIpc) is 1.80. The summed E-state index contributed by atoms with van der Waals surface area (Å²) in [5, 5.41) is 42.0. The molecule has 664 valence electrons. The van der Waals surface area contributed by atoms with Gasteiger partial charge in [0.25, 0.3) is 11.8 Å². The van der Waals surface area contributed by atoms with Crippen molar-refractivity contribution in [3.63, 3.8) is 0 Å². The summed E-state index contributed by atoms with van der Waals surface area (Å²) in [5.74, 6) is -3.49. The molecule has 0 aliphatic heterocycles. The number of carboxylic acid groups (broad SMARTS) is 2. The van der Waals surface area contributed by atoms with Crippen LogP contribution in [-0.2, 0) is 97.0 Å². The lowest BCUT2D eigenvalue weighted by Crippen LogP contribution is -2.43. The van der Waals surface area contributed by atoms with Gasteiger partial charge in [-0.15, -0.1) is 0 Å². The van der Waals surface area contributed by atoms with Crippen molar-refractivity contribution in [1.29, 1.82) is 0 Å². The van der Waals surface area contributed by atoms with Crippen molar-refractivity contribution in [2.24, 2.45) is 11.8 Å². The van der Waals surface area contributed by atoms with Crippen LogP contribution in [0.4, 0.5) is 11.4 Å². The maximum atomic E-state index is 14.4. The maximum absolute atomic E-state index is 14.4. The van der Waals surface area contributed by atoms with Crippen LogP contribution in [0.1, 0.15) is 83.5 Å². The van der Waals surface area contributed by atoms with Crippen LogP contribution >= 0.6 is 0 Å². The number of hydrogen-bond acceptors (Lipinski definition) is 21. The van der Waals surface area contributed by atoms with Gasteiger partial charge in [0.15, 0.2) is 0 Å². The Morgan fingerprint density at radius 2 is 0.593 bits per heavy atom. The third-order valence-electron chi connectivity index (χ3n) is 20.1. The number of carbonyl (C=O) groups excluding carboxylic acids is 4. The van der Waals surface area contributed by atoms with E-state index in [-0.39, 0.29) is 72.3 Å². The lowest BCUT2D eigenvalue weighted by molar-refractivity contribution is -0.140. The highest BCUT2D eigenvalue weighted by molar-refractivity contribution is 6.02. The molecule has 0 aliphatic carbocycles. The second-order valence-corrected chi connectivity index (χ2v) is 30.2. The van der Waals surface area contributed by atoms with Crippen LogP contribution in [0.5, 0.6) is 11.5 Å². The topological polar surface area (TPSA) is 398 Å². The SMILES string of the molecule is CC(C)C[C@H](NC(=O)c1ccc(NC(=O)[C@H](Cc2c[nH]c3ccccc23)NCCOCCOCCOCCOCCOCCOCCOCCOCCOCCOCCOCCN[C@@H](Cc2c[nH]c3ccccc23)C(=O)Nc2ccc(C(=O)N[C@@H](CC(C)C)C(=O)O)cc2OCCc2c[nH]c3ccccc23)c(OCCc2c[nH]c3ccccc23)c1)C(=O)O. The first-order valence-electron chi connectivity index (χ1n) is 42.3. The summed E-state index contributed by atoms with van der Waals surface area (Å²) in [6.45, 7) is 17.2. The van der Waals surface area contributed by atoms with Crippen LogP contribution in [-0.4, -0.2) is 262 Å². The number of hydrogen-bond donors (Lipinski definition) is 12. The van der Waals surface area contributed by atoms with Crippen molar-refractivity contribution in [3.05, 3.63) is 192 Å². The molecular weight excluding hydrogens is 1580 g/mol. The van der Waals surface area contributed by atoms with Crippen LogP contribution in [0.3, 0.4) is 0 Å². The Morgan fingerprint density at radius 3 is 0.878 bits per heavy atom. The Kier molecular flexibility index (Phi) is 40.6. The predicted molar refractivity (Wildman–Crippen MR) is 468 cm³/mol. The van der Waals surface area contributed by atoms with E-state index in [2.05, 4.69) is 51.8 Å². The van der Waals surface area contributed by atoms with E-state index in [1.165, 1.54) is 12.1 Å². The van der Waals surface area contributed by atoms with Gasteiger partial charge < -0.3 is 124 Å². The highest BCUT2D eigenvalue weighted by Gasteiger charge is 2.28. The van der Waals surface area contributed by atoms with Gasteiger partial charge >= 0.3 is 11.9 Å². The normalized spacial score (nSPS) is 12.7. The molecule has 12 N–H and O–H groups in total. The number of H-pyrrole nitrogens is 4. The second kappa shape index (κ2) is 52.8. The van der Waals surface area contributed by atoms with Gasteiger partial charge in [-0.1, -0.05) is 100 Å². The van der Waals surface area contributed by atoms with E-state index in [9.17, 15) is 39.0 Å². The highest BCUT2D eigenvalue weighted by Crippen LogP contribution is 2.31. The van der Waals surface area contributed by atoms with Gasteiger partial charge in [-0.05, 0) is 120 Å². The summed E-state index contributed by atoms with van der Waals surface area (Å²) >= 11 is 0. The molecule has 0 radical (unpaired) electrons. The molecule has 10 rings (SSSR count). The molecule has 4 heterocycles. The molecule has 31 nitrogen and oxygen atoms in total. The monoisotopic (exact) mass is 1700 g/mol. The Hall–Kier alpha value is -10.6. The summed E-state index contributed by atoms with van der Waals surface area (Å²) in [5.41, 5.74) is 8.92. The quantitative estimate of drug-likeness (QED) is 0.0158. The van der Waals surface area contributed by atoms with Crippen LogP contribution < -0.4 is 41.4 Å². The molecule has 0 unspecified atom stereocenters. The third-order valence-corrected chi connectivity index (χ3v) is 20.1. The van der Waals surface area contributed by atoms with E-state index in [1.54, 1.807) is 24.3 Å². The summed E-state index contributed by atoms with van der Waals surface area (Å²) in [4.78, 5) is 93.2. The Morgan fingerprint density at radius 1 is 0.325 bits per heavy atom. The standard InChI is InChI=1S/C92H120N10O21/c1-63(2)53-83(91(107)108)101-87(103)65-21-23-79(85(57-65)122-29-25-67-59-95-75-17-9-5-13-71(67)75)99-89(105)81(55-69-61-97-77-19-11-7-15-73(69)77)93-27-31-111-33-35-113-37-39-115-41-43-117-45-47-119-49-51-121-52-50-120-48-46-118-44-42-116-40-38-114-36-34-112-32-28-94-82(56-70-62-98-78-20-12-8-16-74(70)78)90(106)100-80-24-22-66(88(104)102-84(92(109)110)54-64(3)4)58-86(80)123-30-26-68-60-96-76-18-10-6-14-72(68)76/h5-24,57-64,81-84,93-98H,25-56H2,1-4H3,(H,99,105)(H,100,106)(H,101,103)(H,102,104)(H,107,108)(H,109,110)/t81-,82-,83-,84-/m0/s1. The molecule has 0 fully saturated rings. The van der Waals surface area contributed by atoms with Crippen LogP contribution in [0.15, 0.2) is 158 Å². The zero-order valence-electron chi connectivity index (χ0n) is 70.8. The highest BCUT2D eigenvalue weighted by atomic mass is 16.6. The molecular formula is C92H120N10O21. The fraction of sp³-hybridized carbons (Fsp3) is 0.457. The largest absolute Gasteiger partial charge is 0.491 e. The van der Waals surface area contributed by atoms with Crippen molar-refractivity contribution in [2.45, 2.75) is 90.4 Å². The number of carbonyl (C=O) groups is 6. The number of ether oxygens (including phenoxy) is 13. The lowest BCUT2D eigenvalue weighted by Gasteiger charge is -2.21. The fourth-order valence-electron chi connectivity index (χ4n) is 13.8. The second-order valence-electron chi connectivity index (χ2n) is 30.2. The number of carboxylic acids is 2. The molecule has 0 saturated heterocycles. The number of aromatic nitrogens is 4. The molecule has 0 bridgehead atoms. The lowest BCUT2D eigenvalue weighted by atomic mass is 10.0. The van der Waals surface area contributed by atoms with Gasteiger partial charge in [0.05, 0.1) is 182 Å². The van der Waals surface area contributed by atoms with Gasteiger partial charge in [-0.25, -0.2) is 9.59 Å². The van der Waals surface area contributed by atoms with E-state index < -0.39 is 47.9 Å². The fourth-order valence-corrected chi connectivity index (χ4v) is 13.8. The number of nitrogens with one attached hydrogen (secondary N) is 10. The number of aliphatic carboxylic acids is 2. The molecule has 10 aromatic rings. The van der Waals surface area contributed by atoms with Crippen molar-refractivity contribution in [1.82, 2.24) is 41.2 Å². The molecule has 0 saturated carbocycles.